The number of benzene rings is 2. The third-order valence-electron chi connectivity index (χ3n) is 3.52. The molecule has 4 heteroatoms. The van der Waals surface area contributed by atoms with Crippen LogP contribution in [0.5, 0.6) is 5.75 Å². The summed E-state index contributed by atoms with van der Waals surface area (Å²) in [6.45, 7) is 1.98. The first kappa shape index (κ1) is 16.7. The van der Waals surface area contributed by atoms with Crippen LogP contribution in [0.4, 0.5) is 0 Å². The van der Waals surface area contributed by atoms with Gasteiger partial charge in [-0.3, -0.25) is 9.59 Å². The summed E-state index contributed by atoms with van der Waals surface area (Å²) >= 11 is 0. The Kier molecular flexibility index (Phi) is 5.92. The SMILES string of the molecule is CCOC(=O)C(Cc1cccc(OC)c1)C(=O)c1ccccc1. The molecule has 23 heavy (non-hydrogen) atoms. The van der Waals surface area contributed by atoms with Crippen molar-refractivity contribution in [2.45, 2.75) is 13.3 Å². The van der Waals surface area contributed by atoms with Gasteiger partial charge in [-0.2, -0.15) is 0 Å². The molecule has 0 aliphatic rings. The Balaban J connectivity index is 2.27. The van der Waals surface area contributed by atoms with E-state index in [0.717, 1.165) is 5.56 Å². The molecule has 1 atom stereocenters. The number of Topliss-reactive ketones (excluding diaryl/α,β-unsaturated/α-hetero) is 1. The lowest BCUT2D eigenvalue weighted by molar-refractivity contribution is -0.146. The van der Waals surface area contributed by atoms with Gasteiger partial charge in [-0.15, -0.1) is 0 Å². The molecule has 0 amide bonds. The first-order valence-electron chi connectivity index (χ1n) is 7.54. The minimum absolute atomic E-state index is 0.230. The summed E-state index contributed by atoms with van der Waals surface area (Å²) in [6.07, 6.45) is 0.282. The number of ether oxygens (including phenoxy) is 2. The van der Waals surface area contributed by atoms with E-state index in [1.54, 1.807) is 38.3 Å². The van der Waals surface area contributed by atoms with E-state index in [1.165, 1.54) is 0 Å². The Morgan fingerprint density at radius 3 is 2.43 bits per heavy atom. The molecular formula is C19H20O4. The smallest absolute Gasteiger partial charge is 0.317 e. The van der Waals surface area contributed by atoms with Crippen LogP contribution in [0.1, 0.15) is 22.8 Å². The zero-order chi connectivity index (χ0) is 16.7. The summed E-state index contributed by atoms with van der Waals surface area (Å²) in [5, 5.41) is 0. The first-order chi connectivity index (χ1) is 11.2. The largest absolute Gasteiger partial charge is 0.497 e. The molecule has 2 aromatic rings. The van der Waals surface area contributed by atoms with E-state index in [2.05, 4.69) is 0 Å². The standard InChI is InChI=1S/C19H20O4/c1-3-23-19(21)17(18(20)15-9-5-4-6-10-15)13-14-8-7-11-16(12-14)22-2/h4-12,17H,3,13H2,1-2H3. The minimum Gasteiger partial charge on any atom is -0.497 e. The molecule has 0 radical (unpaired) electrons. The summed E-state index contributed by atoms with van der Waals surface area (Å²) in [4.78, 5) is 24.9. The molecule has 2 aromatic carbocycles. The number of methoxy groups -OCH3 is 1. The van der Waals surface area contributed by atoms with Gasteiger partial charge in [-0.1, -0.05) is 42.5 Å². The van der Waals surface area contributed by atoms with Gasteiger partial charge in [0.15, 0.2) is 5.78 Å². The number of esters is 1. The highest BCUT2D eigenvalue weighted by atomic mass is 16.5. The fourth-order valence-corrected chi connectivity index (χ4v) is 2.36. The number of hydrogen-bond donors (Lipinski definition) is 0. The maximum atomic E-state index is 12.7. The summed E-state index contributed by atoms with van der Waals surface area (Å²) in [7, 11) is 1.58. The van der Waals surface area contributed by atoms with Crippen molar-refractivity contribution in [3.63, 3.8) is 0 Å². The molecule has 0 saturated carbocycles. The van der Waals surface area contributed by atoms with Crippen LogP contribution in [0.2, 0.25) is 0 Å². The molecule has 0 saturated heterocycles. The lowest BCUT2D eigenvalue weighted by Crippen LogP contribution is -2.28. The number of carbonyl (C=O) groups is 2. The Hall–Kier alpha value is -2.62. The van der Waals surface area contributed by atoms with Crippen LogP contribution < -0.4 is 4.74 Å². The summed E-state index contributed by atoms with van der Waals surface area (Å²) in [5.74, 6) is -0.891. The van der Waals surface area contributed by atoms with Crippen molar-refractivity contribution in [1.82, 2.24) is 0 Å². The average Bonchev–Trinajstić information content (AvgIpc) is 2.60. The van der Waals surface area contributed by atoms with Gasteiger partial charge in [-0.25, -0.2) is 0 Å². The molecule has 0 bridgehead atoms. The van der Waals surface area contributed by atoms with E-state index in [-0.39, 0.29) is 18.8 Å². The molecule has 0 N–H and O–H groups in total. The van der Waals surface area contributed by atoms with Gasteiger partial charge in [0.2, 0.25) is 0 Å². The normalized spacial score (nSPS) is 11.6. The van der Waals surface area contributed by atoms with Gasteiger partial charge in [0, 0.05) is 5.56 Å². The van der Waals surface area contributed by atoms with Gasteiger partial charge in [0.05, 0.1) is 13.7 Å². The second-order valence-corrected chi connectivity index (χ2v) is 5.09. The molecule has 0 aliphatic heterocycles. The van der Waals surface area contributed by atoms with E-state index in [4.69, 9.17) is 9.47 Å². The van der Waals surface area contributed by atoms with E-state index in [0.29, 0.717) is 11.3 Å². The Labute approximate surface area is 136 Å². The van der Waals surface area contributed by atoms with E-state index in [9.17, 15) is 9.59 Å². The average molecular weight is 312 g/mol. The molecule has 0 fully saturated rings. The van der Waals surface area contributed by atoms with Crippen LogP contribution in [0.25, 0.3) is 0 Å². The molecule has 120 valence electrons. The Morgan fingerprint density at radius 2 is 1.78 bits per heavy atom. The monoisotopic (exact) mass is 312 g/mol. The highest BCUT2D eigenvalue weighted by Gasteiger charge is 2.29. The summed E-state index contributed by atoms with van der Waals surface area (Å²) in [5.41, 5.74) is 1.36. The summed E-state index contributed by atoms with van der Waals surface area (Å²) in [6, 6.07) is 16.2. The van der Waals surface area contributed by atoms with Crippen LogP contribution in [-0.4, -0.2) is 25.5 Å². The number of hydrogen-bond acceptors (Lipinski definition) is 4. The Bertz CT molecular complexity index is 664. The Morgan fingerprint density at radius 1 is 1.04 bits per heavy atom. The van der Waals surface area contributed by atoms with E-state index >= 15 is 0 Å². The lowest BCUT2D eigenvalue weighted by Gasteiger charge is -2.15. The fraction of sp³-hybridized carbons (Fsp3) is 0.263. The van der Waals surface area contributed by atoms with E-state index in [1.807, 2.05) is 30.3 Å². The first-order valence-corrected chi connectivity index (χ1v) is 7.54. The van der Waals surface area contributed by atoms with Crippen molar-refractivity contribution in [3.05, 3.63) is 65.7 Å². The van der Waals surface area contributed by atoms with Crippen LogP contribution in [0, 0.1) is 5.92 Å². The molecule has 1 unspecified atom stereocenters. The minimum atomic E-state index is -0.857. The lowest BCUT2D eigenvalue weighted by atomic mass is 9.91. The van der Waals surface area contributed by atoms with Crippen LogP contribution in [0.3, 0.4) is 0 Å². The van der Waals surface area contributed by atoms with Gasteiger partial charge in [-0.05, 0) is 31.0 Å². The van der Waals surface area contributed by atoms with Crippen LogP contribution in [-0.2, 0) is 16.0 Å². The number of rotatable bonds is 7. The molecular weight excluding hydrogens is 292 g/mol. The van der Waals surface area contributed by atoms with Gasteiger partial charge < -0.3 is 9.47 Å². The molecule has 0 heterocycles. The van der Waals surface area contributed by atoms with Gasteiger partial charge in [0.25, 0.3) is 0 Å². The highest BCUT2D eigenvalue weighted by Crippen LogP contribution is 2.20. The van der Waals surface area contributed by atoms with Crippen molar-refractivity contribution in [1.29, 1.82) is 0 Å². The quantitative estimate of drug-likeness (QED) is 0.447. The van der Waals surface area contributed by atoms with Crippen molar-refractivity contribution in [2.24, 2.45) is 5.92 Å². The van der Waals surface area contributed by atoms with E-state index < -0.39 is 11.9 Å². The maximum absolute atomic E-state index is 12.7. The van der Waals surface area contributed by atoms with Crippen molar-refractivity contribution >= 4 is 11.8 Å². The fourth-order valence-electron chi connectivity index (χ4n) is 2.36. The second kappa shape index (κ2) is 8.13. The van der Waals surface area contributed by atoms with Gasteiger partial charge in [0.1, 0.15) is 11.7 Å². The predicted molar refractivity (Wildman–Crippen MR) is 87.6 cm³/mol. The van der Waals surface area contributed by atoms with Crippen molar-refractivity contribution in [3.8, 4) is 5.75 Å². The highest BCUT2D eigenvalue weighted by molar-refractivity contribution is 6.08. The zero-order valence-electron chi connectivity index (χ0n) is 13.3. The predicted octanol–water partition coefficient (Wildman–Crippen LogP) is 3.30. The maximum Gasteiger partial charge on any atom is 0.317 e. The molecule has 4 nitrogen and oxygen atoms in total. The zero-order valence-corrected chi connectivity index (χ0v) is 13.3. The molecule has 0 aromatic heterocycles. The van der Waals surface area contributed by atoms with Crippen molar-refractivity contribution < 1.29 is 19.1 Å². The third-order valence-corrected chi connectivity index (χ3v) is 3.52. The van der Waals surface area contributed by atoms with Crippen LogP contribution >= 0.6 is 0 Å². The molecule has 2 rings (SSSR count). The van der Waals surface area contributed by atoms with Crippen LogP contribution in [0.15, 0.2) is 54.6 Å². The topological polar surface area (TPSA) is 52.6 Å². The number of ketones is 1. The number of carbonyl (C=O) groups excluding carboxylic acids is 2. The van der Waals surface area contributed by atoms with Gasteiger partial charge >= 0.3 is 5.97 Å². The summed E-state index contributed by atoms with van der Waals surface area (Å²) < 4.78 is 10.3. The second-order valence-electron chi connectivity index (χ2n) is 5.09. The third kappa shape index (κ3) is 4.42. The van der Waals surface area contributed by atoms with Crippen molar-refractivity contribution in [2.75, 3.05) is 13.7 Å². The molecule has 0 aliphatic carbocycles. The molecule has 0 spiro atoms.